The van der Waals surface area contributed by atoms with Gasteiger partial charge in [-0.2, -0.15) is 0 Å². The van der Waals surface area contributed by atoms with E-state index in [0.717, 1.165) is 28.8 Å². The molecule has 1 amide bonds. The number of aromatic nitrogens is 1. The van der Waals surface area contributed by atoms with E-state index in [-0.39, 0.29) is 5.91 Å². The third-order valence-electron chi connectivity index (χ3n) is 4.84. The Bertz CT molecular complexity index is 716. The van der Waals surface area contributed by atoms with E-state index in [1.165, 1.54) is 30.6 Å². The van der Waals surface area contributed by atoms with Gasteiger partial charge in [0.25, 0.3) is 5.91 Å². The van der Waals surface area contributed by atoms with Crippen molar-refractivity contribution < 1.29 is 4.79 Å². The molecule has 0 aromatic carbocycles. The SMILES string of the molecule is CC(C)c1ccc2c(N)c(C(=O)N(C)C3CCCCC3)sc2n1. The summed E-state index contributed by atoms with van der Waals surface area (Å²) in [5.41, 5.74) is 7.88. The Labute approximate surface area is 141 Å². The lowest BCUT2D eigenvalue weighted by Gasteiger charge is -2.31. The summed E-state index contributed by atoms with van der Waals surface area (Å²) in [5, 5.41) is 0.903. The number of nitrogen functional groups attached to an aromatic ring is 1. The molecule has 0 saturated heterocycles. The van der Waals surface area contributed by atoms with Crippen LogP contribution in [0.4, 0.5) is 5.69 Å². The van der Waals surface area contributed by atoms with Crippen LogP contribution in [0.5, 0.6) is 0 Å². The number of rotatable bonds is 3. The maximum absolute atomic E-state index is 12.9. The number of nitrogens with zero attached hydrogens (tertiary/aromatic N) is 2. The van der Waals surface area contributed by atoms with Gasteiger partial charge in [-0.3, -0.25) is 4.79 Å². The van der Waals surface area contributed by atoms with E-state index in [1.807, 2.05) is 24.1 Å². The van der Waals surface area contributed by atoms with Crippen LogP contribution in [0.1, 0.15) is 67.2 Å². The van der Waals surface area contributed by atoms with Crippen molar-refractivity contribution >= 4 is 33.1 Å². The lowest BCUT2D eigenvalue weighted by atomic mass is 9.94. The number of amides is 1. The minimum absolute atomic E-state index is 0.0449. The number of anilines is 1. The molecule has 0 unspecified atom stereocenters. The number of nitrogens with two attached hydrogens (primary N) is 1. The van der Waals surface area contributed by atoms with E-state index in [0.29, 0.717) is 22.5 Å². The molecule has 1 saturated carbocycles. The van der Waals surface area contributed by atoms with Gasteiger partial charge in [0, 0.05) is 24.2 Å². The highest BCUT2D eigenvalue weighted by Gasteiger charge is 2.26. The molecule has 0 atom stereocenters. The molecule has 23 heavy (non-hydrogen) atoms. The second kappa shape index (κ2) is 6.48. The monoisotopic (exact) mass is 331 g/mol. The predicted octanol–water partition coefficient (Wildman–Crippen LogP) is 4.41. The second-order valence-corrected chi connectivity index (χ2v) is 7.80. The lowest BCUT2D eigenvalue weighted by molar-refractivity contribution is 0.0702. The summed E-state index contributed by atoms with van der Waals surface area (Å²) < 4.78 is 0. The number of hydrogen-bond acceptors (Lipinski definition) is 4. The quantitative estimate of drug-likeness (QED) is 0.906. The molecule has 2 N–H and O–H groups in total. The van der Waals surface area contributed by atoms with Gasteiger partial charge in [0.05, 0.1) is 5.69 Å². The van der Waals surface area contributed by atoms with Gasteiger partial charge >= 0.3 is 0 Å². The largest absolute Gasteiger partial charge is 0.397 e. The third-order valence-corrected chi connectivity index (χ3v) is 5.95. The molecule has 0 spiro atoms. The number of carbonyl (C=O) groups is 1. The van der Waals surface area contributed by atoms with Crippen LogP contribution in [0.25, 0.3) is 10.2 Å². The number of fused-ring (bicyclic) bond motifs is 1. The summed E-state index contributed by atoms with van der Waals surface area (Å²) in [7, 11) is 1.91. The zero-order valence-corrected chi connectivity index (χ0v) is 14.9. The molecule has 2 heterocycles. The summed E-state index contributed by atoms with van der Waals surface area (Å²) in [6.07, 6.45) is 5.91. The van der Waals surface area contributed by atoms with Crippen molar-refractivity contribution in [1.29, 1.82) is 0 Å². The Hall–Kier alpha value is -1.62. The van der Waals surface area contributed by atoms with Crippen LogP contribution in [0, 0.1) is 0 Å². The van der Waals surface area contributed by atoms with Crippen molar-refractivity contribution in [3.05, 3.63) is 22.7 Å². The van der Waals surface area contributed by atoms with Crippen molar-refractivity contribution in [1.82, 2.24) is 9.88 Å². The molecular weight excluding hydrogens is 306 g/mol. The topological polar surface area (TPSA) is 59.2 Å². The number of carbonyl (C=O) groups excluding carboxylic acids is 1. The Morgan fingerprint density at radius 3 is 2.65 bits per heavy atom. The second-order valence-electron chi connectivity index (χ2n) is 6.80. The van der Waals surface area contributed by atoms with Crippen molar-refractivity contribution in [2.75, 3.05) is 12.8 Å². The fourth-order valence-electron chi connectivity index (χ4n) is 3.29. The molecule has 0 radical (unpaired) electrons. The Morgan fingerprint density at radius 1 is 1.30 bits per heavy atom. The Morgan fingerprint density at radius 2 is 2.00 bits per heavy atom. The number of pyridine rings is 1. The Balaban J connectivity index is 1.92. The molecule has 4 nitrogen and oxygen atoms in total. The van der Waals surface area contributed by atoms with E-state index in [2.05, 4.69) is 18.8 Å². The smallest absolute Gasteiger partial charge is 0.266 e. The molecule has 5 heteroatoms. The van der Waals surface area contributed by atoms with Crippen LogP contribution in [-0.4, -0.2) is 28.9 Å². The maximum atomic E-state index is 12.9. The molecule has 124 valence electrons. The lowest BCUT2D eigenvalue weighted by Crippen LogP contribution is -2.38. The van der Waals surface area contributed by atoms with E-state index in [1.54, 1.807) is 0 Å². The fourth-order valence-corrected chi connectivity index (χ4v) is 4.37. The first kappa shape index (κ1) is 16.2. The van der Waals surface area contributed by atoms with Gasteiger partial charge in [-0.25, -0.2) is 4.98 Å². The van der Waals surface area contributed by atoms with Crippen LogP contribution in [0.2, 0.25) is 0 Å². The highest BCUT2D eigenvalue weighted by atomic mass is 32.1. The van der Waals surface area contributed by atoms with Gasteiger partial charge in [-0.15, -0.1) is 11.3 Å². The van der Waals surface area contributed by atoms with Crippen molar-refractivity contribution in [3.8, 4) is 0 Å². The van der Waals surface area contributed by atoms with E-state index in [9.17, 15) is 4.79 Å². The van der Waals surface area contributed by atoms with Crippen molar-refractivity contribution in [2.24, 2.45) is 0 Å². The predicted molar refractivity (Wildman–Crippen MR) is 97.1 cm³/mol. The Kier molecular flexibility index (Phi) is 4.57. The average molecular weight is 331 g/mol. The zero-order chi connectivity index (χ0) is 16.6. The van der Waals surface area contributed by atoms with Crippen molar-refractivity contribution in [2.45, 2.75) is 57.9 Å². The summed E-state index contributed by atoms with van der Waals surface area (Å²) in [5.74, 6) is 0.412. The summed E-state index contributed by atoms with van der Waals surface area (Å²) in [4.78, 5) is 21.0. The minimum Gasteiger partial charge on any atom is -0.397 e. The fraction of sp³-hybridized carbons (Fsp3) is 0.556. The summed E-state index contributed by atoms with van der Waals surface area (Å²) in [6.45, 7) is 4.24. The van der Waals surface area contributed by atoms with Crippen LogP contribution in [0.3, 0.4) is 0 Å². The van der Waals surface area contributed by atoms with Gasteiger partial charge < -0.3 is 10.6 Å². The molecule has 1 fully saturated rings. The summed E-state index contributed by atoms with van der Waals surface area (Å²) >= 11 is 1.43. The number of hydrogen-bond donors (Lipinski definition) is 1. The standard InChI is InChI=1S/C18H25N3OS/c1-11(2)14-10-9-13-15(19)16(23-17(13)20-14)18(22)21(3)12-7-5-4-6-8-12/h9-12H,4-8,19H2,1-3H3. The molecule has 0 bridgehead atoms. The van der Waals surface area contributed by atoms with Crippen LogP contribution in [-0.2, 0) is 0 Å². The zero-order valence-electron chi connectivity index (χ0n) is 14.1. The normalized spacial score (nSPS) is 16.2. The van der Waals surface area contributed by atoms with E-state index in [4.69, 9.17) is 5.73 Å². The highest BCUT2D eigenvalue weighted by molar-refractivity contribution is 7.21. The first-order chi connectivity index (χ1) is 11.0. The summed E-state index contributed by atoms with van der Waals surface area (Å²) in [6, 6.07) is 4.36. The third kappa shape index (κ3) is 3.07. The molecule has 1 aliphatic rings. The maximum Gasteiger partial charge on any atom is 0.266 e. The first-order valence-electron chi connectivity index (χ1n) is 8.45. The molecular formula is C18H25N3OS. The molecule has 2 aromatic rings. The van der Waals surface area contributed by atoms with Gasteiger partial charge in [-0.1, -0.05) is 33.1 Å². The average Bonchev–Trinajstić information content (AvgIpc) is 2.90. The van der Waals surface area contributed by atoms with E-state index < -0.39 is 0 Å². The van der Waals surface area contributed by atoms with Crippen LogP contribution < -0.4 is 5.73 Å². The molecule has 0 aliphatic heterocycles. The van der Waals surface area contributed by atoms with Gasteiger partial charge in [0.15, 0.2) is 0 Å². The van der Waals surface area contributed by atoms with Crippen molar-refractivity contribution in [3.63, 3.8) is 0 Å². The van der Waals surface area contributed by atoms with Crippen LogP contribution in [0.15, 0.2) is 12.1 Å². The minimum atomic E-state index is 0.0449. The molecule has 3 rings (SSSR count). The number of thiophene rings is 1. The van der Waals surface area contributed by atoms with E-state index >= 15 is 0 Å². The van der Waals surface area contributed by atoms with Gasteiger partial charge in [0.2, 0.25) is 0 Å². The van der Waals surface area contributed by atoms with Crippen LogP contribution >= 0.6 is 11.3 Å². The van der Waals surface area contributed by atoms with Gasteiger partial charge in [0.1, 0.15) is 9.71 Å². The highest BCUT2D eigenvalue weighted by Crippen LogP contribution is 2.35. The first-order valence-corrected chi connectivity index (χ1v) is 9.26. The molecule has 2 aromatic heterocycles. The van der Waals surface area contributed by atoms with Gasteiger partial charge in [-0.05, 0) is 30.9 Å². The molecule has 1 aliphatic carbocycles.